The normalized spacial score (nSPS) is 26.5. The van der Waals surface area contributed by atoms with Crippen molar-refractivity contribution in [1.29, 1.82) is 0 Å². The molecule has 0 atom stereocenters. The van der Waals surface area contributed by atoms with Gasteiger partial charge in [0.15, 0.2) is 0 Å². The molecule has 3 nitrogen and oxygen atoms in total. The summed E-state index contributed by atoms with van der Waals surface area (Å²) in [5, 5.41) is 12.1. The Morgan fingerprint density at radius 2 is 2.07 bits per heavy atom. The van der Waals surface area contributed by atoms with E-state index in [4.69, 9.17) is 0 Å². The lowest BCUT2D eigenvalue weighted by Crippen LogP contribution is -2.20. The average Bonchev–Trinajstić information content (AvgIpc) is 2.80. The van der Waals surface area contributed by atoms with Gasteiger partial charge >= 0.3 is 0 Å². The number of rotatable bonds is 4. The van der Waals surface area contributed by atoms with Gasteiger partial charge in [0.05, 0.1) is 0 Å². The van der Waals surface area contributed by atoms with Crippen LogP contribution in [0.1, 0.15) is 39.0 Å². The van der Waals surface area contributed by atoms with E-state index in [1.807, 2.05) is 0 Å². The largest absolute Gasteiger partial charge is 0.360 e. The van der Waals surface area contributed by atoms with Gasteiger partial charge in [-0.25, -0.2) is 0 Å². The molecule has 84 valence electrons. The van der Waals surface area contributed by atoms with E-state index in [0.717, 1.165) is 23.5 Å². The van der Waals surface area contributed by atoms with Crippen molar-refractivity contribution in [2.45, 2.75) is 39.0 Å². The third-order valence-electron chi connectivity index (χ3n) is 3.45. The summed E-state index contributed by atoms with van der Waals surface area (Å²) in [6.45, 7) is 3.39. The Labute approximate surface area is 95.3 Å². The van der Waals surface area contributed by atoms with Crippen molar-refractivity contribution in [1.82, 2.24) is 10.2 Å². The van der Waals surface area contributed by atoms with Gasteiger partial charge in [-0.3, -0.25) is 0 Å². The van der Waals surface area contributed by atoms with Gasteiger partial charge in [-0.1, -0.05) is 37.5 Å². The Morgan fingerprint density at radius 3 is 2.67 bits per heavy atom. The fraction of sp³-hybridized carbons (Fsp3) is 0.818. The van der Waals surface area contributed by atoms with E-state index in [1.54, 1.807) is 16.8 Å². The van der Waals surface area contributed by atoms with E-state index in [-0.39, 0.29) is 0 Å². The number of hydrogen-bond acceptors (Lipinski definition) is 4. The van der Waals surface area contributed by atoms with Crippen LogP contribution in [0.15, 0.2) is 5.51 Å². The van der Waals surface area contributed by atoms with Crippen LogP contribution in [0.5, 0.6) is 0 Å². The summed E-state index contributed by atoms with van der Waals surface area (Å²) in [6.07, 6.45) is 6.95. The number of nitrogens with one attached hydrogen (secondary N) is 1. The van der Waals surface area contributed by atoms with Crippen LogP contribution in [0.25, 0.3) is 0 Å². The van der Waals surface area contributed by atoms with Gasteiger partial charge in [0.1, 0.15) is 5.51 Å². The van der Waals surface area contributed by atoms with Gasteiger partial charge in [0, 0.05) is 6.54 Å². The van der Waals surface area contributed by atoms with E-state index < -0.39 is 0 Å². The molecule has 1 heterocycles. The molecule has 0 radical (unpaired) electrons. The highest BCUT2D eigenvalue weighted by Crippen LogP contribution is 2.30. The topological polar surface area (TPSA) is 37.8 Å². The van der Waals surface area contributed by atoms with Crippen LogP contribution in [0, 0.1) is 11.8 Å². The molecular formula is C11H19N3S. The minimum atomic E-state index is 0.844. The summed E-state index contributed by atoms with van der Waals surface area (Å²) in [7, 11) is 0. The Bertz CT molecular complexity index is 265. The first-order chi connectivity index (χ1) is 7.38. The molecule has 1 saturated carbocycles. The lowest BCUT2D eigenvalue weighted by molar-refractivity contribution is 0.278. The molecule has 1 aromatic rings. The molecule has 4 heteroatoms. The van der Waals surface area contributed by atoms with Crippen molar-refractivity contribution >= 4 is 16.5 Å². The fourth-order valence-electron chi connectivity index (χ4n) is 2.33. The SMILES string of the molecule is CCC1CCC(CNc2nncs2)CC1. The number of hydrogen-bond donors (Lipinski definition) is 1. The van der Waals surface area contributed by atoms with Crippen LogP contribution in [0.2, 0.25) is 0 Å². The van der Waals surface area contributed by atoms with Crippen LogP contribution in [0.3, 0.4) is 0 Å². The van der Waals surface area contributed by atoms with Crippen LogP contribution >= 0.6 is 11.3 Å². The van der Waals surface area contributed by atoms with Crippen molar-refractivity contribution in [3.63, 3.8) is 0 Å². The Balaban J connectivity index is 1.69. The second-order valence-corrected chi connectivity index (χ2v) is 5.25. The smallest absolute Gasteiger partial charge is 0.205 e. The summed E-state index contributed by atoms with van der Waals surface area (Å²) in [6, 6.07) is 0. The Hall–Kier alpha value is -0.640. The van der Waals surface area contributed by atoms with Crippen LogP contribution < -0.4 is 5.32 Å². The van der Waals surface area contributed by atoms with Gasteiger partial charge in [-0.15, -0.1) is 10.2 Å². The van der Waals surface area contributed by atoms with Crippen molar-refractivity contribution in [2.24, 2.45) is 11.8 Å². The number of anilines is 1. The fourth-order valence-corrected chi connectivity index (χ4v) is 2.78. The molecule has 0 aromatic carbocycles. The highest BCUT2D eigenvalue weighted by atomic mass is 32.1. The maximum absolute atomic E-state index is 3.99. The monoisotopic (exact) mass is 225 g/mol. The number of nitrogens with zero attached hydrogens (tertiary/aromatic N) is 2. The molecule has 1 aromatic heterocycles. The minimum Gasteiger partial charge on any atom is -0.360 e. The second kappa shape index (κ2) is 5.45. The molecule has 0 unspecified atom stereocenters. The van der Waals surface area contributed by atoms with Crippen molar-refractivity contribution in [3.8, 4) is 0 Å². The molecule has 0 aliphatic heterocycles. The van der Waals surface area contributed by atoms with Gasteiger partial charge in [0.25, 0.3) is 0 Å². The molecular weight excluding hydrogens is 206 g/mol. The molecule has 1 N–H and O–H groups in total. The van der Waals surface area contributed by atoms with E-state index in [2.05, 4.69) is 22.4 Å². The van der Waals surface area contributed by atoms with E-state index in [1.165, 1.54) is 32.1 Å². The first-order valence-electron chi connectivity index (χ1n) is 5.88. The third-order valence-corrected chi connectivity index (χ3v) is 4.09. The first-order valence-corrected chi connectivity index (χ1v) is 6.76. The number of aromatic nitrogens is 2. The van der Waals surface area contributed by atoms with E-state index >= 15 is 0 Å². The molecule has 0 amide bonds. The van der Waals surface area contributed by atoms with Gasteiger partial charge in [-0.2, -0.15) is 0 Å². The summed E-state index contributed by atoms with van der Waals surface area (Å²) in [4.78, 5) is 0. The molecule has 1 fully saturated rings. The molecule has 0 saturated heterocycles. The molecule has 1 aliphatic rings. The maximum atomic E-state index is 3.99. The summed E-state index contributed by atoms with van der Waals surface area (Å²) >= 11 is 1.58. The van der Waals surface area contributed by atoms with E-state index in [9.17, 15) is 0 Å². The van der Waals surface area contributed by atoms with E-state index in [0.29, 0.717) is 0 Å². The predicted molar refractivity (Wildman–Crippen MR) is 64.1 cm³/mol. The van der Waals surface area contributed by atoms with Crippen LogP contribution in [-0.2, 0) is 0 Å². The van der Waals surface area contributed by atoms with Crippen molar-refractivity contribution in [3.05, 3.63) is 5.51 Å². The van der Waals surface area contributed by atoms with Gasteiger partial charge < -0.3 is 5.32 Å². The van der Waals surface area contributed by atoms with Crippen LogP contribution in [0.4, 0.5) is 5.13 Å². The Morgan fingerprint density at radius 1 is 1.33 bits per heavy atom. The predicted octanol–water partition coefficient (Wildman–Crippen LogP) is 3.17. The second-order valence-electron chi connectivity index (χ2n) is 4.42. The summed E-state index contributed by atoms with van der Waals surface area (Å²) in [5.41, 5.74) is 1.77. The molecule has 2 rings (SSSR count). The first kappa shape index (κ1) is 10.9. The van der Waals surface area contributed by atoms with Crippen LogP contribution in [-0.4, -0.2) is 16.7 Å². The average molecular weight is 225 g/mol. The molecule has 0 bridgehead atoms. The quantitative estimate of drug-likeness (QED) is 0.855. The minimum absolute atomic E-state index is 0.844. The zero-order chi connectivity index (χ0) is 10.5. The highest BCUT2D eigenvalue weighted by molar-refractivity contribution is 7.13. The van der Waals surface area contributed by atoms with Gasteiger partial charge in [-0.05, 0) is 24.7 Å². The lowest BCUT2D eigenvalue weighted by atomic mass is 9.81. The molecule has 15 heavy (non-hydrogen) atoms. The molecule has 1 aliphatic carbocycles. The maximum Gasteiger partial charge on any atom is 0.205 e. The highest BCUT2D eigenvalue weighted by Gasteiger charge is 2.19. The zero-order valence-corrected chi connectivity index (χ0v) is 10.1. The lowest BCUT2D eigenvalue weighted by Gasteiger charge is -2.27. The van der Waals surface area contributed by atoms with Crippen molar-refractivity contribution < 1.29 is 0 Å². The van der Waals surface area contributed by atoms with Crippen molar-refractivity contribution in [2.75, 3.05) is 11.9 Å². The zero-order valence-electron chi connectivity index (χ0n) is 9.28. The molecule has 0 spiro atoms. The van der Waals surface area contributed by atoms with Gasteiger partial charge in [0.2, 0.25) is 5.13 Å². The summed E-state index contributed by atoms with van der Waals surface area (Å²) < 4.78 is 0. The summed E-state index contributed by atoms with van der Waals surface area (Å²) in [5.74, 6) is 1.83. The third kappa shape index (κ3) is 3.16. The Kier molecular flexibility index (Phi) is 3.94. The standard InChI is InChI=1S/C11H19N3S/c1-2-9-3-5-10(6-4-9)7-12-11-14-13-8-15-11/h8-10H,2-7H2,1H3,(H,12,14).